The summed E-state index contributed by atoms with van der Waals surface area (Å²) in [5, 5.41) is 3.71. The van der Waals surface area contributed by atoms with Crippen LogP contribution in [0.5, 0.6) is 0 Å². The van der Waals surface area contributed by atoms with Crippen molar-refractivity contribution in [3.05, 3.63) is 151 Å². The van der Waals surface area contributed by atoms with Gasteiger partial charge in [-0.3, -0.25) is 0 Å². The van der Waals surface area contributed by atoms with Crippen molar-refractivity contribution in [3.63, 3.8) is 0 Å². The number of hydrogen-bond donors (Lipinski definition) is 0. The maximum absolute atomic E-state index is 15.3. The molecule has 8 aromatic rings. The Kier molecular flexibility index (Phi) is 11.3. The summed E-state index contributed by atoms with van der Waals surface area (Å²) in [6.07, 6.45) is 9.16. The fourth-order valence-electron chi connectivity index (χ4n) is 7.97. The Morgan fingerprint density at radius 2 is 1.51 bits per heavy atom. The average Bonchev–Trinajstić information content (AvgIpc) is 3.88. The molecule has 3 aromatic heterocycles. The largest absolute Gasteiger partial charge is 0 e. The minimum absolute atomic E-state index is 0. The molecule has 1 fully saturated rings. The molecule has 0 spiro atoms. The number of hydrogen-bond acceptors (Lipinski definition) is 3. The van der Waals surface area contributed by atoms with Gasteiger partial charge in [-0.1, -0.05) is 68.5 Å². The molecule has 9 rings (SSSR count). The first-order valence-electron chi connectivity index (χ1n) is 19.0. The van der Waals surface area contributed by atoms with Gasteiger partial charge in [-0.25, -0.2) is 4.39 Å². The van der Waals surface area contributed by atoms with Gasteiger partial charge >= 0.3 is 123 Å². The molecule has 0 unspecified atom stereocenters. The molecule has 0 atom stereocenters. The molecule has 3 nitrogen and oxygen atoms in total. The molecular formula is C49H45FGeIrN2O-2. The topological polar surface area (TPSA) is 38.9 Å². The number of benzene rings is 5. The Labute approximate surface area is 340 Å². The molecule has 0 N–H and O–H groups in total. The smallest absolute Gasteiger partial charge is 0 e. The zero-order valence-corrected chi connectivity index (χ0v) is 36.5. The van der Waals surface area contributed by atoms with Crippen molar-refractivity contribution in [3.8, 4) is 33.6 Å². The Bertz CT molecular complexity index is 2580. The summed E-state index contributed by atoms with van der Waals surface area (Å²) in [4.78, 5) is 9.32. The zero-order chi connectivity index (χ0) is 37.5. The van der Waals surface area contributed by atoms with Gasteiger partial charge < -0.3 is 9.40 Å². The molecule has 6 heteroatoms. The van der Waals surface area contributed by atoms with E-state index < -0.39 is 13.3 Å². The second-order valence-corrected chi connectivity index (χ2v) is 26.8. The summed E-state index contributed by atoms with van der Waals surface area (Å²) in [6, 6.07) is 44.9. The summed E-state index contributed by atoms with van der Waals surface area (Å²) < 4.78 is 22.8. The third-order valence-electron chi connectivity index (χ3n) is 11.3. The van der Waals surface area contributed by atoms with Crippen LogP contribution in [0.4, 0.5) is 4.39 Å². The van der Waals surface area contributed by atoms with E-state index in [0.29, 0.717) is 22.5 Å². The molecule has 0 bridgehead atoms. The maximum Gasteiger partial charge on any atom is 0 e. The van der Waals surface area contributed by atoms with Crippen molar-refractivity contribution in [2.75, 3.05) is 0 Å². The van der Waals surface area contributed by atoms with Crippen LogP contribution in [0.2, 0.25) is 17.3 Å². The molecule has 279 valence electrons. The molecule has 0 saturated heterocycles. The Hall–Kier alpha value is -4.42. The Balaban J connectivity index is 0.000000190. The van der Waals surface area contributed by atoms with Gasteiger partial charge in [-0.15, -0.1) is 23.8 Å². The number of pyridine rings is 2. The van der Waals surface area contributed by atoms with Gasteiger partial charge in [0.05, 0.1) is 5.58 Å². The average molecular weight is 962 g/mol. The van der Waals surface area contributed by atoms with E-state index in [1.165, 1.54) is 46.4 Å². The fraction of sp³-hybridized carbons (Fsp3) is 0.224. The van der Waals surface area contributed by atoms with Crippen LogP contribution < -0.4 is 4.40 Å². The van der Waals surface area contributed by atoms with Crippen LogP contribution in [0.15, 0.2) is 132 Å². The molecule has 1 radical (unpaired) electrons. The second-order valence-electron chi connectivity index (χ2n) is 16.2. The molecular weight excluding hydrogens is 916 g/mol. The standard InChI is InChI=1S/C31H27FNO.C18H18GeN.Ir/c1-31(2,23-10-6-7-11-23)24-14-15-33-27(19-24)21-12-13-28-25(16-21)30-26(32)17-22(18-29(30)34-28)20-8-4-3-5-9-20;1-19(2,3)15-11-12-18(20-13-15)17-10-6-8-14-7-4-5-9-16(14)17;/h3-5,8-9,13-19,23H,6-7,10-11H2,1-2H3;4-9,11-13H,1-3H3;/q2*-1;. The summed E-state index contributed by atoms with van der Waals surface area (Å²) in [6.45, 7) is 4.69. The third kappa shape index (κ3) is 7.98. The van der Waals surface area contributed by atoms with Crippen molar-refractivity contribution in [1.82, 2.24) is 9.97 Å². The summed E-state index contributed by atoms with van der Waals surface area (Å²) in [5.74, 6) is 7.58. The quantitative estimate of drug-likeness (QED) is 0.123. The zero-order valence-electron chi connectivity index (χ0n) is 32.0. The second kappa shape index (κ2) is 16.0. The monoisotopic (exact) mass is 963 g/mol. The number of nitrogens with zero attached hydrogens (tertiary/aromatic N) is 2. The van der Waals surface area contributed by atoms with Crippen molar-refractivity contribution >= 4 is 50.4 Å². The number of aromatic nitrogens is 2. The molecule has 55 heavy (non-hydrogen) atoms. The summed E-state index contributed by atoms with van der Waals surface area (Å²) in [7, 11) is 0. The van der Waals surface area contributed by atoms with Crippen LogP contribution in [0.25, 0.3) is 66.4 Å². The van der Waals surface area contributed by atoms with Gasteiger partial charge in [-0.05, 0) is 64.8 Å². The van der Waals surface area contributed by atoms with Gasteiger partial charge in [0.2, 0.25) is 0 Å². The Morgan fingerprint density at radius 1 is 0.745 bits per heavy atom. The number of halogens is 1. The predicted molar refractivity (Wildman–Crippen MR) is 225 cm³/mol. The minimum atomic E-state index is -1.78. The van der Waals surface area contributed by atoms with Gasteiger partial charge in [0.1, 0.15) is 11.4 Å². The van der Waals surface area contributed by atoms with Crippen LogP contribution in [-0.2, 0) is 25.5 Å². The van der Waals surface area contributed by atoms with E-state index in [9.17, 15) is 0 Å². The van der Waals surface area contributed by atoms with E-state index in [2.05, 4.69) is 114 Å². The Morgan fingerprint density at radius 3 is 2.25 bits per heavy atom. The van der Waals surface area contributed by atoms with E-state index in [4.69, 9.17) is 4.42 Å². The summed E-state index contributed by atoms with van der Waals surface area (Å²) in [5.41, 5.74) is 8.16. The van der Waals surface area contributed by atoms with E-state index in [0.717, 1.165) is 39.0 Å². The van der Waals surface area contributed by atoms with Crippen LogP contribution in [-0.4, -0.2) is 23.2 Å². The van der Waals surface area contributed by atoms with E-state index >= 15 is 4.39 Å². The predicted octanol–water partition coefficient (Wildman–Crippen LogP) is 13.0. The molecule has 0 amide bonds. The molecule has 3 heterocycles. The molecule has 1 aliphatic rings. The normalized spacial score (nSPS) is 13.5. The molecule has 1 aliphatic carbocycles. The van der Waals surface area contributed by atoms with Crippen molar-refractivity contribution < 1.29 is 28.9 Å². The van der Waals surface area contributed by atoms with Crippen molar-refractivity contribution in [2.45, 2.75) is 62.2 Å². The SMILES string of the molecule is CC(C)(c1ccnc(-c2[c-]cc3oc4cc(-c5ccccc5)cc(F)c4c3c2)c1)C1CCCC1.[CH3][Ge]([CH3])([CH3])[c]1ccc(-c2[c-]ccc3ccccc23)nc1.[Ir]. The van der Waals surface area contributed by atoms with Crippen LogP contribution in [0.1, 0.15) is 45.1 Å². The first kappa shape index (κ1) is 38.8. The van der Waals surface area contributed by atoms with Crippen LogP contribution in [0, 0.1) is 23.9 Å². The summed E-state index contributed by atoms with van der Waals surface area (Å²) >= 11 is -1.78. The number of furan rings is 1. The van der Waals surface area contributed by atoms with E-state index in [1.54, 1.807) is 6.07 Å². The van der Waals surface area contributed by atoms with Crippen molar-refractivity contribution in [1.29, 1.82) is 0 Å². The van der Waals surface area contributed by atoms with Gasteiger partial charge in [0.25, 0.3) is 0 Å². The molecule has 5 aromatic carbocycles. The van der Waals surface area contributed by atoms with E-state index in [-0.39, 0.29) is 31.3 Å². The fourth-order valence-corrected chi connectivity index (χ4v) is 10.1. The van der Waals surface area contributed by atoms with Gasteiger partial charge in [0.15, 0.2) is 0 Å². The first-order chi connectivity index (χ1) is 26.1. The van der Waals surface area contributed by atoms with E-state index in [1.807, 2.05) is 60.8 Å². The molecule has 1 saturated carbocycles. The van der Waals surface area contributed by atoms with Crippen LogP contribution in [0.3, 0.4) is 0 Å². The molecule has 0 aliphatic heterocycles. The van der Waals surface area contributed by atoms with Gasteiger partial charge in [0, 0.05) is 31.7 Å². The maximum atomic E-state index is 15.3. The number of rotatable bonds is 6. The van der Waals surface area contributed by atoms with Crippen LogP contribution >= 0.6 is 0 Å². The van der Waals surface area contributed by atoms with Crippen molar-refractivity contribution in [2.24, 2.45) is 5.92 Å². The van der Waals surface area contributed by atoms with Gasteiger partial charge in [-0.2, -0.15) is 0 Å². The number of fused-ring (bicyclic) bond motifs is 4. The first-order valence-corrected chi connectivity index (χ1v) is 26.4. The minimum Gasteiger partial charge on any atom is 0 e. The third-order valence-corrected chi connectivity index (χ3v) is 15.6.